The predicted molar refractivity (Wildman–Crippen MR) is 76.8 cm³/mol. The number of nitrogens with one attached hydrogen (secondary N) is 1. The Hall–Kier alpha value is -0.0800. The Morgan fingerprint density at radius 1 is 1.22 bits per heavy atom. The van der Waals surface area contributed by atoms with Crippen LogP contribution < -0.4 is 5.32 Å². The standard InChI is InChI=1S/C16H31NO/c1-4-13(2)14(3)17-15-8-11-18-16(12-15)9-6-5-7-10-16/h13-15,17H,4-12H2,1-3H3. The molecule has 0 radical (unpaired) electrons. The van der Waals surface area contributed by atoms with E-state index < -0.39 is 0 Å². The molecule has 1 spiro atoms. The zero-order valence-corrected chi connectivity index (χ0v) is 12.5. The molecule has 2 fully saturated rings. The smallest absolute Gasteiger partial charge is 0.0697 e. The molecule has 2 heteroatoms. The monoisotopic (exact) mass is 253 g/mol. The van der Waals surface area contributed by atoms with Crippen molar-refractivity contribution in [1.82, 2.24) is 5.32 Å². The van der Waals surface area contributed by atoms with E-state index in [1.165, 1.54) is 51.4 Å². The largest absolute Gasteiger partial charge is 0.375 e. The van der Waals surface area contributed by atoms with Gasteiger partial charge in [0.15, 0.2) is 0 Å². The summed E-state index contributed by atoms with van der Waals surface area (Å²) < 4.78 is 6.17. The average molecular weight is 253 g/mol. The Balaban J connectivity index is 1.86. The maximum atomic E-state index is 6.17. The highest BCUT2D eigenvalue weighted by atomic mass is 16.5. The predicted octanol–water partition coefficient (Wildman–Crippen LogP) is 3.89. The van der Waals surface area contributed by atoms with E-state index in [-0.39, 0.29) is 5.60 Å². The fourth-order valence-corrected chi connectivity index (χ4v) is 3.60. The minimum absolute atomic E-state index is 0.239. The van der Waals surface area contributed by atoms with E-state index in [0.29, 0.717) is 12.1 Å². The van der Waals surface area contributed by atoms with Crippen molar-refractivity contribution in [2.45, 2.75) is 89.8 Å². The summed E-state index contributed by atoms with van der Waals surface area (Å²) >= 11 is 0. The lowest BCUT2D eigenvalue weighted by atomic mass is 9.78. The van der Waals surface area contributed by atoms with Crippen molar-refractivity contribution in [2.24, 2.45) is 5.92 Å². The molecule has 0 amide bonds. The molecule has 1 heterocycles. The van der Waals surface area contributed by atoms with Crippen molar-refractivity contribution in [2.75, 3.05) is 6.61 Å². The summed E-state index contributed by atoms with van der Waals surface area (Å²) in [6, 6.07) is 1.32. The molecule has 2 nitrogen and oxygen atoms in total. The maximum absolute atomic E-state index is 6.17. The zero-order chi connectivity index (χ0) is 13.0. The molecule has 0 aromatic heterocycles. The maximum Gasteiger partial charge on any atom is 0.0697 e. The summed E-state index contributed by atoms with van der Waals surface area (Å²) in [6.07, 6.45) is 10.4. The van der Waals surface area contributed by atoms with Gasteiger partial charge in [-0.2, -0.15) is 0 Å². The molecule has 0 aromatic carbocycles. The molecule has 2 aliphatic rings. The quantitative estimate of drug-likeness (QED) is 0.820. The Morgan fingerprint density at radius 2 is 1.94 bits per heavy atom. The fraction of sp³-hybridized carbons (Fsp3) is 1.00. The SMILES string of the molecule is CCC(C)C(C)NC1CCOC2(CCCCC2)C1. The van der Waals surface area contributed by atoms with E-state index in [2.05, 4.69) is 26.1 Å². The molecule has 3 atom stereocenters. The van der Waals surface area contributed by atoms with Crippen molar-refractivity contribution in [3.05, 3.63) is 0 Å². The summed E-state index contributed by atoms with van der Waals surface area (Å²) in [5.41, 5.74) is 0.239. The molecule has 1 aliphatic carbocycles. The van der Waals surface area contributed by atoms with Crippen LogP contribution in [0.25, 0.3) is 0 Å². The van der Waals surface area contributed by atoms with Gasteiger partial charge in [-0.05, 0) is 38.5 Å². The van der Waals surface area contributed by atoms with Gasteiger partial charge in [0.05, 0.1) is 5.60 Å². The lowest BCUT2D eigenvalue weighted by Gasteiger charge is -2.44. The first-order chi connectivity index (χ1) is 8.65. The van der Waals surface area contributed by atoms with Gasteiger partial charge in [0.1, 0.15) is 0 Å². The molecule has 18 heavy (non-hydrogen) atoms. The van der Waals surface area contributed by atoms with Gasteiger partial charge in [0.2, 0.25) is 0 Å². The number of ether oxygens (including phenoxy) is 1. The summed E-state index contributed by atoms with van der Waals surface area (Å²) in [6.45, 7) is 7.95. The third-order valence-electron chi connectivity index (χ3n) is 5.25. The molecular formula is C16H31NO. The van der Waals surface area contributed by atoms with Gasteiger partial charge in [-0.3, -0.25) is 0 Å². The van der Waals surface area contributed by atoms with Crippen molar-refractivity contribution < 1.29 is 4.74 Å². The molecule has 1 saturated heterocycles. The highest BCUT2D eigenvalue weighted by molar-refractivity contribution is 4.92. The first-order valence-corrected chi connectivity index (χ1v) is 8.05. The second-order valence-corrected chi connectivity index (χ2v) is 6.62. The third-order valence-corrected chi connectivity index (χ3v) is 5.25. The van der Waals surface area contributed by atoms with Gasteiger partial charge in [0, 0.05) is 18.7 Å². The molecule has 106 valence electrons. The lowest BCUT2D eigenvalue weighted by Crippen LogP contribution is -2.51. The second kappa shape index (κ2) is 6.38. The first-order valence-electron chi connectivity index (χ1n) is 8.05. The summed E-state index contributed by atoms with van der Waals surface area (Å²) in [7, 11) is 0. The Labute approximate surface area is 113 Å². The first kappa shape index (κ1) is 14.3. The normalized spacial score (nSPS) is 31.2. The van der Waals surface area contributed by atoms with Crippen LogP contribution in [0.2, 0.25) is 0 Å². The number of rotatable bonds is 4. The molecule has 1 aliphatic heterocycles. The molecule has 2 rings (SSSR count). The van der Waals surface area contributed by atoms with Crippen LogP contribution in [0.15, 0.2) is 0 Å². The summed E-state index contributed by atoms with van der Waals surface area (Å²) in [4.78, 5) is 0. The topological polar surface area (TPSA) is 21.3 Å². The van der Waals surface area contributed by atoms with Crippen LogP contribution >= 0.6 is 0 Å². The lowest BCUT2D eigenvalue weighted by molar-refractivity contribution is -0.110. The van der Waals surface area contributed by atoms with Crippen LogP contribution in [0.3, 0.4) is 0 Å². The van der Waals surface area contributed by atoms with Gasteiger partial charge in [-0.25, -0.2) is 0 Å². The molecule has 0 bridgehead atoms. The third kappa shape index (κ3) is 3.48. The Bertz CT molecular complexity index is 242. The van der Waals surface area contributed by atoms with E-state index in [1.54, 1.807) is 0 Å². The van der Waals surface area contributed by atoms with Crippen molar-refractivity contribution in [3.63, 3.8) is 0 Å². The molecular weight excluding hydrogens is 222 g/mol. The molecule has 3 unspecified atom stereocenters. The second-order valence-electron chi connectivity index (χ2n) is 6.62. The van der Waals surface area contributed by atoms with E-state index in [0.717, 1.165) is 12.5 Å². The van der Waals surface area contributed by atoms with Crippen LogP contribution in [-0.4, -0.2) is 24.3 Å². The highest BCUT2D eigenvalue weighted by Crippen LogP contribution is 2.38. The van der Waals surface area contributed by atoms with E-state index in [9.17, 15) is 0 Å². The van der Waals surface area contributed by atoms with Crippen molar-refractivity contribution in [3.8, 4) is 0 Å². The molecule has 1 saturated carbocycles. The Morgan fingerprint density at radius 3 is 2.61 bits per heavy atom. The van der Waals surface area contributed by atoms with Crippen molar-refractivity contribution >= 4 is 0 Å². The van der Waals surface area contributed by atoms with Crippen LogP contribution in [0.1, 0.15) is 72.1 Å². The summed E-state index contributed by atoms with van der Waals surface area (Å²) in [5, 5.41) is 3.86. The van der Waals surface area contributed by atoms with Crippen LogP contribution in [0.4, 0.5) is 0 Å². The molecule has 0 aromatic rings. The van der Waals surface area contributed by atoms with E-state index in [4.69, 9.17) is 4.74 Å². The fourth-order valence-electron chi connectivity index (χ4n) is 3.60. The van der Waals surface area contributed by atoms with Gasteiger partial charge in [-0.1, -0.05) is 39.5 Å². The van der Waals surface area contributed by atoms with Crippen LogP contribution in [0, 0.1) is 5.92 Å². The minimum atomic E-state index is 0.239. The van der Waals surface area contributed by atoms with Crippen LogP contribution in [-0.2, 0) is 4.74 Å². The summed E-state index contributed by atoms with van der Waals surface area (Å²) in [5.74, 6) is 0.773. The van der Waals surface area contributed by atoms with Gasteiger partial charge in [0.25, 0.3) is 0 Å². The Kier molecular flexibility index (Phi) is 5.08. The van der Waals surface area contributed by atoms with Crippen LogP contribution in [0.5, 0.6) is 0 Å². The molecule has 1 N–H and O–H groups in total. The minimum Gasteiger partial charge on any atom is -0.375 e. The average Bonchev–Trinajstić information content (AvgIpc) is 2.38. The van der Waals surface area contributed by atoms with E-state index in [1.807, 2.05) is 0 Å². The van der Waals surface area contributed by atoms with Gasteiger partial charge < -0.3 is 10.1 Å². The highest BCUT2D eigenvalue weighted by Gasteiger charge is 2.38. The van der Waals surface area contributed by atoms with E-state index >= 15 is 0 Å². The van der Waals surface area contributed by atoms with Gasteiger partial charge >= 0.3 is 0 Å². The van der Waals surface area contributed by atoms with Gasteiger partial charge in [-0.15, -0.1) is 0 Å². The number of hydrogen-bond acceptors (Lipinski definition) is 2. The zero-order valence-electron chi connectivity index (χ0n) is 12.5. The number of hydrogen-bond donors (Lipinski definition) is 1. The van der Waals surface area contributed by atoms with Crippen molar-refractivity contribution in [1.29, 1.82) is 0 Å².